The van der Waals surface area contributed by atoms with Gasteiger partial charge >= 0.3 is 0 Å². The Morgan fingerprint density at radius 3 is 2.44 bits per heavy atom. The van der Waals surface area contributed by atoms with E-state index in [1.54, 1.807) is 19.2 Å². The van der Waals surface area contributed by atoms with E-state index in [1.807, 2.05) is 4.90 Å². The third-order valence-electron chi connectivity index (χ3n) is 6.74. The Morgan fingerprint density at radius 1 is 1.09 bits per heavy atom. The predicted molar refractivity (Wildman–Crippen MR) is 122 cm³/mol. The van der Waals surface area contributed by atoms with Gasteiger partial charge in [-0.1, -0.05) is 31.4 Å². The van der Waals surface area contributed by atoms with E-state index in [0.29, 0.717) is 26.2 Å². The zero-order valence-corrected chi connectivity index (χ0v) is 19.4. The molecule has 6 nitrogen and oxygen atoms in total. The van der Waals surface area contributed by atoms with Crippen LogP contribution in [0.4, 0.5) is 4.39 Å². The molecule has 2 fully saturated rings. The summed E-state index contributed by atoms with van der Waals surface area (Å²) in [6.45, 7) is 3.74. The van der Waals surface area contributed by atoms with E-state index in [-0.39, 0.29) is 29.6 Å². The number of carbonyl (C=O) groups is 2. The quantitative estimate of drug-likeness (QED) is 0.559. The molecule has 1 aromatic rings. The highest BCUT2D eigenvalue weighted by atomic mass is 19.1. The number of likely N-dealkylation sites (tertiary alicyclic amines) is 1. The van der Waals surface area contributed by atoms with Crippen LogP contribution in [-0.2, 0) is 20.9 Å². The Labute approximate surface area is 191 Å². The fourth-order valence-corrected chi connectivity index (χ4v) is 4.81. The normalized spacial score (nSPS) is 18.4. The van der Waals surface area contributed by atoms with Crippen LogP contribution in [0, 0.1) is 11.7 Å². The first-order chi connectivity index (χ1) is 15.6. The van der Waals surface area contributed by atoms with Crippen molar-refractivity contribution in [3.63, 3.8) is 0 Å². The average molecular weight is 448 g/mol. The van der Waals surface area contributed by atoms with Crippen LogP contribution < -0.4 is 5.32 Å². The van der Waals surface area contributed by atoms with E-state index in [2.05, 4.69) is 10.2 Å². The van der Waals surface area contributed by atoms with Gasteiger partial charge in [0.25, 0.3) is 0 Å². The number of hydrogen-bond acceptors (Lipinski definition) is 4. The lowest BCUT2D eigenvalue weighted by Crippen LogP contribution is -2.48. The number of piperidine rings is 1. The van der Waals surface area contributed by atoms with Crippen LogP contribution in [0.3, 0.4) is 0 Å². The van der Waals surface area contributed by atoms with Crippen molar-refractivity contribution >= 4 is 11.8 Å². The first-order valence-corrected chi connectivity index (χ1v) is 12.1. The SMILES string of the molecule is COCCCNC(=O)C1CCN(CC(=O)N(Cc2ccc(F)cc2)C2CCCCC2)CC1. The fourth-order valence-electron chi connectivity index (χ4n) is 4.81. The molecule has 178 valence electrons. The number of halogens is 1. The predicted octanol–water partition coefficient (Wildman–Crippen LogP) is 3.35. The molecule has 0 aromatic heterocycles. The molecule has 0 spiro atoms. The largest absolute Gasteiger partial charge is 0.385 e. The third kappa shape index (κ3) is 7.55. The summed E-state index contributed by atoms with van der Waals surface area (Å²) in [6, 6.07) is 6.73. The van der Waals surface area contributed by atoms with Crippen molar-refractivity contribution < 1.29 is 18.7 Å². The monoisotopic (exact) mass is 447 g/mol. The Balaban J connectivity index is 1.51. The van der Waals surface area contributed by atoms with Crippen molar-refractivity contribution in [1.29, 1.82) is 0 Å². The highest BCUT2D eigenvalue weighted by molar-refractivity contribution is 5.79. The van der Waals surface area contributed by atoms with Crippen LogP contribution in [-0.4, -0.2) is 67.6 Å². The van der Waals surface area contributed by atoms with Gasteiger partial charge in [0.2, 0.25) is 11.8 Å². The summed E-state index contributed by atoms with van der Waals surface area (Å²) >= 11 is 0. The number of carbonyl (C=O) groups excluding carboxylic acids is 2. The van der Waals surface area contributed by atoms with E-state index >= 15 is 0 Å². The lowest BCUT2D eigenvalue weighted by molar-refractivity contribution is -0.136. The van der Waals surface area contributed by atoms with E-state index < -0.39 is 0 Å². The molecule has 0 unspecified atom stereocenters. The van der Waals surface area contributed by atoms with Gasteiger partial charge in [-0.3, -0.25) is 14.5 Å². The summed E-state index contributed by atoms with van der Waals surface area (Å²) in [7, 11) is 1.66. The molecular weight excluding hydrogens is 409 g/mol. The smallest absolute Gasteiger partial charge is 0.237 e. The Hall–Kier alpha value is -1.99. The van der Waals surface area contributed by atoms with Gasteiger partial charge in [-0.05, 0) is 62.9 Å². The Kier molecular flexibility index (Phi) is 9.93. The first-order valence-electron chi connectivity index (χ1n) is 12.1. The van der Waals surface area contributed by atoms with Gasteiger partial charge in [0.15, 0.2) is 0 Å². The lowest BCUT2D eigenvalue weighted by atomic mass is 9.93. The lowest BCUT2D eigenvalue weighted by Gasteiger charge is -2.37. The number of benzene rings is 1. The maximum absolute atomic E-state index is 13.3. The van der Waals surface area contributed by atoms with Crippen LogP contribution in [0.1, 0.15) is 56.9 Å². The molecule has 0 bridgehead atoms. The van der Waals surface area contributed by atoms with E-state index in [1.165, 1.54) is 18.6 Å². The number of hydrogen-bond donors (Lipinski definition) is 1. The molecule has 3 rings (SSSR count). The van der Waals surface area contributed by atoms with Crippen molar-refractivity contribution in [3.05, 3.63) is 35.6 Å². The van der Waals surface area contributed by atoms with Gasteiger partial charge in [0.1, 0.15) is 5.82 Å². The molecule has 1 heterocycles. The number of amides is 2. The summed E-state index contributed by atoms with van der Waals surface area (Å²) in [5.41, 5.74) is 0.967. The minimum atomic E-state index is -0.255. The van der Waals surface area contributed by atoms with Gasteiger partial charge < -0.3 is 15.0 Å². The molecule has 2 aliphatic rings. The molecule has 7 heteroatoms. The van der Waals surface area contributed by atoms with Crippen molar-refractivity contribution in [1.82, 2.24) is 15.1 Å². The minimum absolute atomic E-state index is 0.0255. The second-order valence-corrected chi connectivity index (χ2v) is 9.13. The average Bonchev–Trinajstić information content (AvgIpc) is 2.82. The zero-order chi connectivity index (χ0) is 22.8. The van der Waals surface area contributed by atoms with E-state index in [9.17, 15) is 14.0 Å². The van der Waals surface area contributed by atoms with Gasteiger partial charge in [-0.15, -0.1) is 0 Å². The maximum Gasteiger partial charge on any atom is 0.237 e. The molecule has 1 saturated carbocycles. The topological polar surface area (TPSA) is 61.9 Å². The van der Waals surface area contributed by atoms with Crippen LogP contribution in [0.15, 0.2) is 24.3 Å². The van der Waals surface area contributed by atoms with Crippen LogP contribution in [0.25, 0.3) is 0 Å². The number of methoxy groups -OCH3 is 1. The second-order valence-electron chi connectivity index (χ2n) is 9.13. The van der Waals surface area contributed by atoms with Gasteiger partial charge in [0, 0.05) is 38.8 Å². The summed E-state index contributed by atoms with van der Waals surface area (Å²) in [5, 5.41) is 3.00. The van der Waals surface area contributed by atoms with Crippen molar-refractivity contribution in [3.8, 4) is 0 Å². The number of ether oxygens (including phenoxy) is 1. The molecule has 1 aliphatic carbocycles. The molecule has 1 saturated heterocycles. The Bertz CT molecular complexity index is 714. The van der Waals surface area contributed by atoms with Gasteiger partial charge in [-0.25, -0.2) is 4.39 Å². The molecule has 1 aliphatic heterocycles. The second kappa shape index (κ2) is 12.9. The molecule has 0 atom stereocenters. The number of nitrogens with zero attached hydrogens (tertiary/aromatic N) is 2. The fraction of sp³-hybridized carbons (Fsp3) is 0.680. The molecule has 32 heavy (non-hydrogen) atoms. The molecule has 2 amide bonds. The van der Waals surface area contributed by atoms with Gasteiger partial charge in [-0.2, -0.15) is 0 Å². The number of nitrogens with one attached hydrogen (secondary N) is 1. The standard InChI is InChI=1S/C25H38FN3O3/c1-32-17-5-14-27-25(31)21-12-15-28(16-13-21)19-24(30)29(23-6-3-2-4-7-23)18-20-8-10-22(26)11-9-20/h8-11,21,23H,2-7,12-19H2,1H3,(H,27,31). The van der Waals surface area contributed by atoms with Crippen LogP contribution in [0.2, 0.25) is 0 Å². The van der Waals surface area contributed by atoms with Gasteiger partial charge in [0.05, 0.1) is 6.54 Å². The van der Waals surface area contributed by atoms with Crippen LogP contribution >= 0.6 is 0 Å². The van der Waals surface area contributed by atoms with Crippen molar-refractivity contribution in [2.75, 3.05) is 39.9 Å². The maximum atomic E-state index is 13.3. The minimum Gasteiger partial charge on any atom is -0.385 e. The highest BCUT2D eigenvalue weighted by Crippen LogP contribution is 2.25. The van der Waals surface area contributed by atoms with E-state index in [4.69, 9.17) is 4.74 Å². The number of rotatable bonds is 10. The molecule has 1 aromatic carbocycles. The molecule has 1 N–H and O–H groups in total. The van der Waals surface area contributed by atoms with E-state index in [0.717, 1.165) is 63.6 Å². The summed E-state index contributed by atoms with van der Waals surface area (Å²) in [5.74, 6) is 0.0309. The van der Waals surface area contributed by atoms with Crippen molar-refractivity contribution in [2.45, 2.75) is 64.0 Å². The molecule has 0 radical (unpaired) electrons. The zero-order valence-electron chi connectivity index (χ0n) is 19.4. The summed E-state index contributed by atoms with van der Waals surface area (Å²) in [4.78, 5) is 29.9. The molecular formula is C25H38FN3O3. The summed E-state index contributed by atoms with van der Waals surface area (Å²) < 4.78 is 18.3. The summed E-state index contributed by atoms with van der Waals surface area (Å²) in [6.07, 6.45) is 8.01. The highest BCUT2D eigenvalue weighted by Gasteiger charge is 2.30. The third-order valence-corrected chi connectivity index (χ3v) is 6.74. The van der Waals surface area contributed by atoms with Crippen molar-refractivity contribution in [2.24, 2.45) is 5.92 Å². The first kappa shape index (κ1) is 24.6. The Morgan fingerprint density at radius 2 is 1.78 bits per heavy atom. The van der Waals surface area contributed by atoms with Crippen LogP contribution in [0.5, 0.6) is 0 Å².